The van der Waals surface area contributed by atoms with Crippen molar-refractivity contribution in [3.63, 3.8) is 0 Å². The molecule has 4 aromatic heterocycles. The fourth-order valence-corrected chi connectivity index (χ4v) is 5.70. The van der Waals surface area contributed by atoms with Gasteiger partial charge in [0.25, 0.3) is 0 Å². The third-order valence-electron chi connectivity index (χ3n) is 7.21. The third-order valence-corrected chi connectivity index (χ3v) is 7.21. The van der Waals surface area contributed by atoms with Crippen LogP contribution in [0.2, 0.25) is 0 Å². The third kappa shape index (κ3) is 3.62. The molecule has 13 nitrogen and oxygen atoms in total. The molecule has 3 atom stereocenters. The zero-order valence-electron chi connectivity index (χ0n) is 21.0. The number of pyridine rings is 1. The molecule has 2 fully saturated rings. The zero-order valence-corrected chi connectivity index (χ0v) is 21.0. The van der Waals surface area contributed by atoms with E-state index in [1.54, 1.807) is 49.4 Å². The highest BCUT2D eigenvalue weighted by Crippen LogP contribution is 2.60. The van der Waals surface area contributed by atoms with Crippen LogP contribution in [0.4, 0.5) is 0 Å². The van der Waals surface area contributed by atoms with Gasteiger partial charge in [0.15, 0.2) is 5.82 Å². The van der Waals surface area contributed by atoms with Crippen LogP contribution in [0.1, 0.15) is 29.0 Å². The number of hydrogen-bond acceptors (Lipinski definition) is 13. The monoisotopic (exact) mass is 522 g/mol. The fraction of sp³-hybridized carbons (Fsp3) is 0.308. The molecule has 0 spiro atoms. The minimum Gasteiger partial charge on any atom is -0.334 e. The first-order valence-electron chi connectivity index (χ1n) is 12.8. The first-order valence-corrected chi connectivity index (χ1v) is 12.8. The summed E-state index contributed by atoms with van der Waals surface area (Å²) in [5.74, 6) is 0.530. The van der Waals surface area contributed by atoms with Gasteiger partial charge in [-0.15, -0.1) is 0 Å². The number of hydrogen-bond donors (Lipinski definition) is 1. The van der Waals surface area contributed by atoms with E-state index in [-0.39, 0.29) is 0 Å². The van der Waals surface area contributed by atoms with Gasteiger partial charge in [0, 0.05) is 56.8 Å². The molecule has 13 heteroatoms. The SMILES string of the molecule is C1=NCCN1C1(c2ncccn2)C(c2cnccn2)OC(c2ccccn2)(c2cccnn2)N1N1CCNC1. The Morgan fingerprint density at radius 3 is 2.46 bits per heavy atom. The number of nitrogens with one attached hydrogen (secondary N) is 1. The number of hydrazine groups is 1. The van der Waals surface area contributed by atoms with E-state index in [9.17, 15) is 0 Å². The van der Waals surface area contributed by atoms with Crippen LogP contribution in [0.15, 0.2) is 84.8 Å². The van der Waals surface area contributed by atoms with Crippen molar-refractivity contribution in [2.75, 3.05) is 32.8 Å². The highest BCUT2D eigenvalue weighted by atomic mass is 16.6. The summed E-state index contributed by atoms with van der Waals surface area (Å²) in [5.41, 5.74) is -0.652. The topological polar surface area (TPSA) is 134 Å². The lowest BCUT2D eigenvalue weighted by Gasteiger charge is -2.50. The molecule has 39 heavy (non-hydrogen) atoms. The van der Waals surface area contributed by atoms with Crippen LogP contribution in [-0.2, 0) is 16.1 Å². The van der Waals surface area contributed by atoms with Crippen LogP contribution in [0.5, 0.6) is 0 Å². The summed E-state index contributed by atoms with van der Waals surface area (Å²) < 4.78 is 7.32. The van der Waals surface area contributed by atoms with Crippen LogP contribution in [0.3, 0.4) is 0 Å². The fourth-order valence-electron chi connectivity index (χ4n) is 5.70. The lowest BCUT2D eigenvalue weighted by atomic mass is 9.94. The van der Waals surface area contributed by atoms with E-state index in [1.807, 2.05) is 36.7 Å². The van der Waals surface area contributed by atoms with Crippen LogP contribution in [0, 0.1) is 0 Å². The number of aliphatic imine (C=N–C) groups is 1. The first-order chi connectivity index (χ1) is 19.3. The molecule has 0 radical (unpaired) electrons. The number of rotatable bonds is 6. The van der Waals surface area contributed by atoms with Gasteiger partial charge in [-0.05, 0) is 30.3 Å². The second-order valence-corrected chi connectivity index (χ2v) is 9.31. The molecule has 1 N–H and O–H groups in total. The van der Waals surface area contributed by atoms with Crippen molar-refractivity contribution in [1.29, 1.82) is 0 Å². The Balaban J connectivity index is 1.61. The maximum Gasteiger partial charge on any atom is 0.226 e. The largest absolute Gasteiger partial charge is 0.334 e. The standard InChI is InChI=1S/C26H26N12O/c1-2-7-31-21(5-1)26(22-6-3-10-34-35-22)38(37-16-14-29-19-37)25(36-15-13-28-18-36,24-32-8-4-9-33-24)23(39-26)20-17-27-11-12-30-20/h1-12,17-18,23,29H,13-16,19H2. The summed E-state index contributed by atoms with van der Waals surface area (Å²) in [7, 11) is 0. The summed E-state index contributed by atoms with van der Waals surface area (Å²) in [4.78, 5) is 30.4. The highest BCUT2D eigenvalue weighted by Gasteiger charge is 2.72. The lowest BCUT2D eigenvalue weighted by molar-refractivity contribution is -0.207. The molecule has 196 valence electrons. The molecule has 0 amide bonds. The van der Waals surface area contributed by atoms with Crippen molar-refractivity contribution in [2.24, 2.45) is 4.99 Å². The van der Waals surface area contributed by atoms with E-state index >= 15 is 0 Å². The highest BCUT2D eigenvalue weighted by molar-refractivity contribution is 5.60. The summed E-state index contributed by atoms with van der Waals surface area (Å²) in [5, 5.41) is 16.7. The second kappa shape index (κ2) is 9.78. The van der Waals surface area contributed by atoms with Crippen LogP contribution >= 0.6 is 0 Å². The van der Waals surface area contributed by atoms with Gasteiger partial charge >= 0.3 is 0 Å². The molecule has 3 aliphatic rings. The Kier molecular flexibility index (Phi) is 5.97. The van der Waals surface area contributed by atoms with Crippen molar-refractivity contribution in [3.05, 3.63) is 103 Å². The van der Waals surface area contributed by atoms with Crippen molar-refractivity contribution < 1.29 is 4.74 Å². The van der Waals surface area contributed by atoms with Gasteiger partial charge < -0.3 is 15.0 Å². The average molecular weight is 523 g/mol. The summed E-state index contributed by atoms with van der Waals surface area (Å²) in [6.45, 7) is 3.28. The summed E-state index contributed by atoms with van der Waals surface area (Å²) in [6.07, 6.45) is 13.0. The van der Waals surface area contributed by atoms with Crippen molar-refractivity contribution in [2.45, 2.75) is 17.5 Å². The maximum atomic E-state index is 7.32. The smallest absolute Gasteiger partial charge is 0.226 e. The molecular weight excluding hydrogens is 496 g/mol. The molecule has 3 unspecified atom stereocenters. The van der Waals surface area contributed by atoms with E-state index in [0.29, 0.717) is 49.2 Å². The predicted molar refractivity (Wildman–Crippen MR) is 138 cm³/mol. The zero-order chi connectivity index (χ0) is 26.1. The van der Waals surface area contributed by atoms with E-state index in [2.05, 4.69) is 40.4 Å². The molecular formula is C26H26N12O. The van der Waals surface area contributed by atoms with Crippen molar-refractivity contribution in [1.82, 2.24) is 55.4 Å². The molecule has 2 saturated heterocycles. The molecule has 0 aromatic carbocycles. The first kappa shape index (κ1) is 23.8. The van der Waals surface area contributed by atoms with Gasteiger partial charge in [-0.2, -0.15) is 15.2 Å². The molecule has 0 saturated carbocycles. The van der Waals surface area contributed by atoms with E-state index in [1.165, 1.54) is 0 Å². The van der Waals surface area contributed by atoms with E-state index < -0.39 is 17.5 Å². The predicted octanol–water partition coefficient (Wildman–Crippen LogP) is 0.701. The number of nitrogens with zero attached hydrogens (tertiary/aromatic N) is 11. The molecule has 3 aliphatic heterocycles. The normalized spacial score (nSPS) is 27.4. The van der Waals surface area contributed by atoms with Gasteiger partial charge in [0.05, 0.1) is 37.1 Å². The molecule has 7 rings (SSSR count). The summed E-state index contributed by atoms with van der Waals surface area (Å²) in [6, 6.07) is 11.3. The van der Waals surface area contributed by atoms with Crippen molar-refractivity contribution >= 4 is 6.34 Å². The van der Waals surface area contributed by atoms with Gasteiger partial charge in [-0.3, -0.25) is 19.9 Å². The van der Waals surface area contributed by atoms with Crippen LogP contribution < -0.4 is 5.32 Å². The molecule has 4 aromatic rings. The minimum atomic E-state index is -1.33. The minimum absolute atomic E-state index is 0.530. The van der Waals surface area contributed by atoms with Crippen molar-refractivity contribution in [3.8, 4) is 0 Å². The molecule has 0 bridgehead atoms. The van der Waals surface area contributed by atoms with Gasteiger partial charge in [0.1, 0.15) is 11.8 Å². The lowest BCUT2D eigenvalue weighted by Crippen LogP contribution is -2.66. The van der Waals surface area contributed by atoms with Gasteiger partial charge in [0.2, 0.25) is 11.4 Å². The number of ether oxygens (including phenoxy) is 1. The Labute approximate surface area is 224 Å². The number of aromatic nitrogens is 7. The van der Waals surface area contributed by atoms with Gasteiger partial charge in [-0.1, -0.05) is 6.07 Å². The summed E-state index contributed by atoms with van der Waals surface area (Å²) >= 11 is 0. The maximum absolute atomic E-state index is 7.32. The molecule has 7 heterocycles. The van der Waals surface area contributed by atoms with Crippen LogP contribution in [0.25, 0.3) is 0 Å². The average Bonchev–Trinajstić information content (AvgIpc) is 3.79. The second-order valence-electron chi connectivity index (χ2n) is 9.31. The van der Waals surface area contributed by atoms with Crippen LogP contribution in [-0.4, -0.2) is 89.2 Å². The molecule has 0 aliphatic carbocycles. The van der Waals surface area contributed by atoms with E-state index in [0.717, 1.165) is 6.54 Å². The Bertz CT molecular complexity index is 1380. The Hall–Kier alpha value is -4.30. The Morgan fingerprint density at radius 1 is 0.872 bits per heavy atom. The van der Waals surface area contributed by atoms with Gasteiger partial charge in [-0.25, -0.2) is 15.0 Å². The Morgan fingerprint density at radius 2 is 1.77 bits per heavy atom. The van der Waals surface area contributed by atoms with E-state index in [4.69, 9.17) is 24.7 Å². The quantitative estimate of drug-likeness (QED) is 0.382.